The molecule has 1 amide bonds. The second-order valence-corrected chi connectivity index (χ2v) is 7.93. The normalized spacial score (nSPS) is 15.6. The standard InChI is InChI=1S/C28H24N2O/c1-21-16-18-23(19-17-21)27-29(20-22-10-4-2-5-11-22)26-15-9-8-14-25(26)28(31)30(27)24-12-6-3-7-13-24/h2-19,27H,20H2,1H3/t27-/m1/s1. The fourth-order valence-electron chi connectivity index (χ4n) is 4.28. The average Bonchev–Trinajstić information content (AvgIpc) is 2.82. The lowest BCUT2D eigenvalue weighted by atomic mass is 9.98. The molecule has 1 atom stereocenters. The van der Waals surface area contributed by atoms with Crippen LogP contribution in [0.1, 0.15) is 33.2 Å². The second kappa shape index (κ2) is 8.11. The van der Waals surface area contributed by atoms with Gasteiger partial charge in [-0.2, -0.15) is 0 Å². The van der Waals surface area contributed by atoms with Gasteiger partial charge in [0.1, 0.15) is 6.17 Å². The molecule has 4 aromatic carbocycles. The third-order valence-corrected chi connectivity index (χ3v) is 5.81. The van der Waals surface area contributed by atoms with Crippen LogP contribution in [0.15, 0.2) is 109 Å². The highest BCUT2D eigenvalue weighted by Gasteiger charge is 2.39. The summed E-state index contributed by atoms with van der Waals surface area (Å²) in [5.74, 6) is 0.0247. The SMILES string of the molecule is Cc1ccc([C@@H]2N(Cc3ccccc3)c3ccccc3C(=O)N2c2ccccc2)cc1. The zero-order valence-electron chi connectivity index (χ0n) is 17.5. The van der Waals surface area contributed by atoms with E-state index in [9.17, 15) is 4.79 Å². The highest BCUT2D eigenvalue weighted by atomic mass is 16.2. The Kier molecular flexibility index (Phi) is 5.01. The topological polar surface area (TPSA) is 23.6 Å². The van der Waals surface area contributed by atoms with E-state index in [4.69, 9.17) is 0 Å². The predicted molar refractivity (Wildman–Crippen MR) is 126 cm³/mol. The molecule has 0 unspecified atom stereocenters. The number of hydrogen-bond acceptors (Lipinski definition) is 2. The minimum Gasteiger partial charge on any atom is -0.342 e. The molecule has 0 bridgehead atoms. The third kappa shape index (κ3) is 3.59. The van der Waals surface area contributed by atoms with Crippen molar-refractivity contribution >= 4 is 17.3 Å². The quantitative estimate of drug-likeness (QED) is 0.395. The molecule has 0 aromatic heterocycles. The summed E-state index contributed by atoms with van der Waals surface area (Å²) in [5.41, 5.74) is 6.09. The first kappa shape index (κ1) is 19.1. The Morgan fingerprint density at radius 3 is 2.03 bits per heavy atom. The van der Waals surface area contributed by atoms with Crippen LogP contribution in [0, 0.1) is 6.92 Å². The van der Waals surface area contributed by atoms with Gasteiger partial charge in [-0.15, -0.1) is 0 Å². The lowest BCUT2D eigenvalue weighted by Gasteiger charge is -2.46. The Morgan fingerprint density at radius 1 is 0.710 bits per heavy atom. The van der Waals surface area contributed by atoms with Crippen LogP contribution >= 0.6 is 0 Å². The van der Waals surface area contributed by atoms with Crippen LogP contribution in [0.2, 0.25) is 0 Å². The molecule has 3 nitrogen and oxygen atoms in total. The fourth-order valence-corrected chi connectivity index (χ4v) is 4.28. The number of carbonyl (C=O) groups excluding carboxylic acids is 1. The van der Waals surface area contributed by atoms with Crippen LogP contribution in [0.25, 0.3) is 0 Å². The second-order valence-electron chi connectivity index (χ2n) is 7.93. The van der Waals surface area contributed by atoms with Crippen molar-refractivity contribution < 1.29 is 4.79 Å². The molecule has 0 aliphatic carbocycles. The average molecular weight is 405 g/mol. The van der Waals surface area contributed by atoms with Crippen molar-refractivity contribution in [1.29, 1.82) is 0 Å². The number of nitrogens with zero attached hydrogens (tertiary/aromatic N) is 2. The number of amides is 1. The van der Waals surface area contributed by atoms with E-state index in [0.29, 0.717) is 6.54 Å². The van der Waals surface area contributed by atoms with Gasteiger partial charge < -0.3 is 4.90 Å². The van der Waals surface area contributed by atoms with Crippen LogP contribution in [0.3, 0.4) is 0 Å². The van der Waals surface area contributed by atoms with E-state index >= 15 is 0 Å². The first-order chi connectivity index (χ1) is 15.2. The zero-order valence-corrected chi connectivity index (χ0v) is 17.5. The molecule has 0 spiro atoms. The zero-order chi connectivity index (χ0) is 21.2. The smallest absolute Gasteiger partial charge is 0.262 e. The van der Waals surface area contributed by atoms with Crippen molar-refractivity contribution in [1.82, 2.24) is 0 Å². The largest absolute Gasteiger partial charge is 0.342 e. The number of rotatable bonds is 4. The molecule has 5 rings (SSSR count). The van der Waals surface area contributed by atoms with Gasteiger partial charge in [-0.05, 0) is 42.3 Å². The van der Waals surface area contributed by atoms with Crippen LogP contribution in [-0.4, -0.2) is 5.91 Å². The summed E-state index contributed by atoms with van der Waals surface area (Å²) in [5, 5.41) is 0. The number of anilines is 2. The molecular formula is C28H24N2O. The molecule has 1 aliphatic rings. The van der Waals surface area contributed by atoms with E-state index < -0.39 is 0 Å². The highest BCUT2D eigenvalue weighted by molar-refractivity contribution is 6.12. The number of carbonyl (C=O) groups is 1. The number of benzene rings is 4. The van der Waals surface area contributed by atoms with Crippen molar-refractivity contribution in [2.24, 2.45) is 0 Å². The third-order valence-electron chi connectivity index (χ3n) is 5.81. The van der Waals surface area contributed by atoms with Crippen LogP contribution in [0.5, 0.6) is 0 Å². The predicted octanol–water partition coefficient (Wildman–Crippen LogP) is 6.36. The number of para-hydroxylation sites is 2. The van der Waals surface area contributed by atoms with Crippen molar-refractivity contribution in [3.63, 3.8) is 0 Å². The van der Waals surface area contributed by atoms with Crippen LogP contribution < -0.4 is 9.80 Å². The monoisotopic (exact) mass is 404 g/mol. The van der Waals surface area contributed by atoms with Gasteiger partial charge in [-0.1, -0.05) is 90.5 Å². The number of hydrogen-bond donors (Lipinski definition) is 0. The van der Waals surface area contributed by atoms with Crippen molar-refractivity contribution in [2.75, 3.05) is 9.80 Å². The maximum absolute atomic E-state index is 13.8. The summed E-state index contributed by atoms with van der Waals surface area (Å²) >= 11 is 0. The van der Waals surface area contributed by atoms with Gasteiger partial charge in [-0.25, -0.2) is 0 Å². The molecule has 152 valence electrons. The summed E-state index contributed by atoms with van der Waals surface area (Å²) in [4.78, 5) is 18.0. The van der Waals surface area contributed by atoms with Gasteiger partial charge in [0.15, 0.2) is 0 Å². The highest BCUT2D eigenvalue weighted by Crippen LogP contribution is 2.42. The van der Waals surface area contributed by atoms with Gasteiger partial charge >= 0.3 is 0 Å². The van der Waals surface area contributed by atoms with Crippen molar-refractivity contribution in [2.45, 2.75) is 19.6 Å². The Bertz CT molecular complexity index is 1190. The molecule has 1 aliphatic heterocycles. The molecule has 0 radical (unpaired) electrons. The summed E-state index contributed by atoms with van der Waals surface area (Å²) in [6.45, 7) is 2.79. The van der Waals surface area contributed by atoms with Crippen LogP contribution in [-0.2, 0) is 6.54 Å². The van der Waals surface area contributed by atoms with Gasteiger partial charge in [0.25, 0.3) is 5.91 Å². The Morgan fingerprint density at radius 2 is 1.32 bits per heavy atom. The van der Waals surface area contributed by atoms with Gasteiger partial charge in [0.05, 0.1) is 11.3 Å². The van der Waals surface area contributed by atoms with Crippen molar-refractivity contribution in [3.8, 4) is 0 Å². The molecule has 0 saturated carbocycles. The van der Waals surface area contributed by atoms with Gasteiger partial charge in [0.2, 0.25) is 0 Å². The molecule has 3 heteroatoms. The minimum absolute atomic E-state index is 0.0247. The van der Waals surface area contributed by atoms with E-state index in [1.54, 1.807) is 0 Å². The summed E-state index contributed by atoms with van der Waals surface area (Å²) in [6.07, 6.45) is -0.245. The number of fused-ring (bicyclic) bond motifs is 1. The number of aryl methyl sites for hydroxylation is 1. The maximum Gasteiger partial charge on any atom is 0.262 e. The van der Waals surface area contributed by atoms with E-state index in [2.05, 4.69) is 66.4 Å². The molecular weight excluding hydrogens is 380 g/mol. The molecule has 1 heterocycles. The Balaban J connectivity index is 1.72. The molecule has 0 N–H and O–H groups in total. The van der Waals surface area contributed by atoms with E-state index in [1.165, 1.54) is 11.1 Å². The van der Waals surface area contributed by atoms with E-state index in [1.807, 2.05) is 59.5 Å². The lowest BCUT2D eigenvalue weighted by molar-refractivity contribution is 0.0968. The Hall–Kier alpha value is -3.85. The Labute approximate surface area is 183 Å². The van der Waals surface area contributed by atoms with Crippen LogP contribution in [0.4, 0.5) is 11.4 Å². The lowest BCUT2D eigenvalue weighted by Crippen LogP contribution is -2.49. The first-order valence-corrected chi connectivity index (χ1v) is 10.6. The molecule has 4 aromatic rings. The fraction of sp³-hybridized carbons (Fsp3) is 0.107. The maximum atomic E-state index is 13.8. The first-order valence-electron chi connectivity index (χ1n) is 10.6. The molecule has 0 fully saturated rings. The van der Waals surface area contributed by atoms with Crippen molar-refractivity contribution in [3.05, 3.63) is 131 Å². The summed E-state index contributed by atoms with van der Waals surface area (Å²) in [6, 6.07) is 36.8. The minimum atomic E-state index is -0.245. The summed E-state index contributed by atoms with van der Waals surface area (Å²) in [7, 11) is 0. The molecule has 31 heavy (non-hydrogen) atoms. The van der Waals surface area contributed by atoms with Gasteiger partial charge in [0, 0.05) is 12.2 Å². The van der Waals surface area contributed by atoms with E-state index in [0.717, 1.165) is 22.5 Å². The van der Waals surface area contributed by atoms with Gasteiger partial charge in [-0.3, -0.25) is 9.69 Å². The van der Waals surface area contributed by atoms with E-state index in [-0.39, 0.29) is 12.1 Å². The molecule has 0 saturated heterocycles. The summed E-state index contributed by atoms with van der Waals surface area (Å²) < 4.78 is 0.